The summed E-state index contributed by atoms with van der Waals surface area (Å²) in [6.07, 6.45) is 3.96. The molecule has 0 fully saturated rings. The van der Waals surface area contributed by atoms with Crippen molar-refractivity contribution in [2.75, 3.05) is 18.5 Å². The highest BCUT2D eigenvalue weighted by Gasteiger charge is 2.10. The molecule has 0 atom stereocenters. The number of nitrogens with one attached hydrogen (secondary N) is 1. The van der Waals surface area contributed by atoms with E-state index in [4.69, 9.17) is 10.00 Å². The minimum Gasteiger partial charge on any atom is -0.463 e. The fourth-order valence-corrected chi connectivity index (χ4v) is 1.60. The first-order valence-corrected chi connectivity index (χ1v) is 6.75. The van der Waals surface area contributed by atoms with Crippen LogP contribution in [-0.2, 0) is 0 Å². The van der Waals surface area contributed by atoms with E-state index < -0.39 is 0 Å². The van der Waals surface area contributed by atoms with E-state index in [9.17, 15) is 0 Å². The average Bonchev–Trinajstić information content (AvgIpc) is 2.53. The molecule has 2 heterocycles. The highest BCUT2D eigenvalue weighted by molar-refractivity contribution is 5.57. The Morgan fingerprint density at radius 2 is 2.10 bits per heavy atom. The van der Waals surface area contributed by atoms with E-state index in [2.05, 4.69) is 25.3 Å². The van der Waals surface area contributed by atoms with Crippen LogP contribution in [0.4, 0.5) is 5.95 Å². The number of hydrogen-bond acceptors (Lipinski definition) is 7. The van der Waals surface area contributed by atoms with Gasteiger partial charge in [-0.3, -0.25) is 4.98 Å². The first-order valence-electron chi connectivity index (χ1n) is 6.75. The standard InChI is InChI=1S/C14H16N6O/c1-3-5-21-14-19-12(18-13(20-14)17-4-2)11-6-10(7-15)8-16-9-11/h6,8-9H,3-5H2,1-2H3,(H,17,18,19,20). The summed E-state index contributed by atoms with van der Waals surface area (Å²) in [7, 11) is 0. The van der Waals surface area contributed by atoms with E-state index in [0.717, 1.165) is 6.42 Å². The molecule has 0 aliphatic carbocycles. The van der Waals surface area contributed by atoms with Crippen LogP contribution in [0.25, 0.3) is 11.4 Å². The maximum atomic E-state index is 8.94. The Morgan fingerprint density at radius 1 is 1.24 bits per heavy atom. The molecule has 2 aromatic heterocycles. The van der Waals surface area contributed by atoms with Crippen molar-refractivity contribution in [3.8, 4) is 23.5 Å². The van der Waals surface area contributed by atoms with Crippen LogP contribution in [0.2, 0.25) is 0 Å². The molecule has 2 aromatic rings. The third-order valence-electron chi connectivity index (χ3n) is 2.51. The van der Waals surface area contributed by atoms with Crippen molar-refractivity contribution >= 4 is 5.95 Å². The van der Waals surface area contributed by atoms with E-state index in [0.29, 0.717) is 36.1 Å². The Kier molecular flexibility index (Phi) is 4.99. The van der Waals surface area contributed by atoms with E-state index in [1.54, 1.807) is 12.3 Å². The van der Waals surface area contributed by atoms with Gasteiger partial charge in [-0.15, -0.1) is 0 Å². The highest BCUT2D eigenvalue weighted by atomic mass is 16.5. The summed E-state index contributed by atoms with van der Waals surface area (Å²) in [6, 6.07) is 3.99. The molecule has 0 aromatic carbocycles. The molecule has 0 saturated heterocycles. The number of anilines is 1. The molecule has 0 unspecified atom stereocenters. The SMILES string of the molecule is CCCOc1nc(NCC)nc(-c2cncc(C#N)c2)n1. The Labute approximate surface area is 123 Å². The van der Waals surface area contributed by atoms with Crippen LogP contribution in [0, 0.1) is 11.3 Å². The minimum atomic E-state index is 0.264. The first-order chi connectivity index (χ1) is 10.3. The quantitative estimate of drug-likeness (QED) is 0.866. The van der Waals surface area contributed by atoms with Crippen LogP contribution in [0.1, 0.15) is 25.8 Å². The number of ether oxygens (including phenoxy) is 1. The number of pyridine rings is 1. The van der Waals surface area contributed by atoms with Crippen molar-refractivity contribution < 1.29 is 4.74 Å². The van der Waals surface area contributed by atoms with Crippen LogP contribution in [0.3, 0.4) is 0 Å². The van der Waals surface area contributed by atoms with Crippen molar-refractivity contribution in [1.29, 1.82) is 5.26 Å². The molecular formula is C14H16N6O. The Morgan fingerprint density at radius 3 is 2.81 bits per heavy atom. The van der Waals surface area contributed by atoms with Crippen molar-refractivity contribution in [1.82, 2.24) is 19.9 Å². The molecule has 0 spiro atoms. The monoisotopic (exact) mass is 284 g/mol. The number of aromatic nitrogens is 4. The summed E-state index contributed by atoms with van der Waals surface area (Å²) in [6.45, 7) is 5.18. The van der Waals surface area contributed by atoms with Gasteiger partial charge in [0.1, 0.15) is 6.07 Å². The van der Waals surface area contributed by atoms with Gasteiger partial charge in [0.15, 0.2) is 5.82 Å². The second kappa shape index (κ2) is 7.14. The molecule has 21 heavy (non-hydrogen) atoms. The van der Waals surface area contributed by atoms with Crippen LogP contribution in [0.5, 0.6) is 6.01 Å². The second-order valence-electron chi connectivity index (χ2n) is 4.22. The molecule has 0 aliphatic heterocycles. The highest BCUT2D eigenvalue weighted by Crippen LogP contribution is 2.19. The Bertz CT molecular complexity index is 652. The summed E-state index contributed by atoms with van der Waals surface area (Å²) in [5.41, 5.74) is 1.10. The fraction of sp³-hybridized carbons (Fsp3) is 0.357. The van der Waals surface area contributed by atoms with Gasteiger partial charge in [-0.05, 0) is 19.4 Å². The van der Waals surface area contributed by atoms with E-state index in [-0.39, 0.29) is 6.01 Å². The average molecular weight is 284 g/mol. The van der Waals surface area contributed by atoms with E-state index >= 15 is 0 Å². The number of nitriles is 1. The normalized spacial score (nSPS) is 9.95. The molecule has 108 valence electrons. The lowest BCUT2D eigenvalue weighted by Crippen LogP contribution is -2.08. The summed E-state index contributed by atoms with van der Waals surface area (Å²) in [4.78, 5) is 16.8. The fourth-order valence-electron chi connectivity index (χ4n) is 1.60. The van der Waals surface area contributed by atoms with Gasteiger partial charge < -0.3 is 10.1 Å². The summed E-state index contributed by atoms with van der Waals surface area (Å²) in [5.74, 6) is 0.868. The molecule has 7 nitrogen and oxygen atoms in total. The predicted molar refractivity (Wildman–Crippen MR) is 77.7 cm³/mol. The van der Waals surface area contributed by atoms with Crippen molar-refractivity contribution in [3.05, 3.63) is 24.0 Å². The van der Waals surface area contributed by atoms with Crippen molar-refractivity contribution in [2.45, 2.75) is 20.3 Å². The van der Waals surface area contributed by atoms with Crippen molar-refractivity contribution in [3.63, 3.8) is 0 Å². The van der Waals surface area contributed by atoms with Gasteiger partial charge in [0.2, 0.25) is 5.95 Å². The van der Waals surface area contributed by atoms with E-state index in [1.165, 1.54) is 6.20 Å². The summed E-state index contributed by atoms with van der Waals surface area (Å²) >= 11 is 0. The maximum Gasteiger partial charge on any atom is 0.321 e. The number of nitrogens with zero attached hydrogens (tertiary/aromatic N) is 5. The van der Waals surface area contributed by atoms with Crippen LogP contribution in [-0.4, -0.2) is 33.1 Å². The topological polar surface area (TPSA) is 96.6 Å². The lowest BCUT2D eigenvalue weighted by molar-refractivity contribution is 0.292. The second-order valence-corrected chi connectivity index (χ2v) is 4.22. The molecule has 0 bridgehead atoms. The molecule has 7 heteroatoms. The van der Waals surface area contributed by atoms with Crippen LogP contribution in [0.15, 0.2) is 18.5 Å². The molecular weight excluding hydrogens is 268 g/mol. The van der Waals surface area contributed by atoms with E-state index in [1.807, 2.05) is 19.9 Å². The molecule has 0 radical (unpaired) electrons. The van der Waals surface area contributed by atoms with Gasteiger partial charge in [-0.1, -0.05) is 6.92 Å². The van der Waals surface area contributed by atoms with Gasteiger partial charge in [0, 0.05) is 24.5 Å². The molecule has 2 rings (SSSR count). The molecule has 0 amide bonds. The largest absolute Gasteiger partial charge is 0.463 e. The van der Waals surface area contributed by atoms with Crippen LogP contribution >= 0.6 is 0 Å². The molecule has 1 N–H and O–H groups in total. The molecule has 0 aliphatic rings. The predicted octanol–water partition coefficient (Wildman–Crippen LogP) is 2.03. The van der Waals surface area contributed by atoms with Gasteiger partial charge in [0.25, 0.3) is 0 Å². The van der Waals surface area contributed by atoms with Crippen LogP contribution < -0.4 is 10.1 Å². The maximum absolute atomic E-state index is 8.94. The van der Waals surface area contributed by atoms with Gasteiger partial charge in [-0.25, -0.2) is 0 Å². The number of rotatable bonds is 6. The third kappa shape index (κ3) is 3.86. The molecule has 0 saturated carbocycles. The Balaban J connectivity index is 2.40. The zero-order chi connectivity index (χ0) is 15.1. The zero-order valence-corrected chi connectivity index (χ0v) is 12.0. The Hall–Kier alpha value is -2.75. The summed E-state index contributed by atoms with van der Waals surface area (Å²) in [5, 5.41) is 12.0. The number of hydrogen-bond donors (Lipinski definition) is 1. The zero-order valence-electron chi connectivity index (χ0n) is 12.0. The van der Waals surface area contributed by atoms with Gasteiger partial charge >= 0.3 is 6.01 Å². The lowest BCUT2D eigenvalue weighted by atomic mass is 10.2. The van der Waals surface area contributed by atoms with Gasteiger partial charge in [0.05, 0.1) is 12.2 Å². The van der Waals surface area contributed by atoms with Gasteiger partial charge in [-0.2, -0.15) is 20.2 Å². The minimum absolute atomic E-state index is 0.264. The third-order valence-corrected chi connectivity index (χ3v) is 2.51. The van der Waals surface area contributed by atoms with Crippen molar-refractivity contribution in [2.24, 2.45) is 0 Å². The smallest absolute Gasteiger partial charge is 0.321 e. The first kappa shape index (κ1) is 14.7. The summed E-state index contributed by atoms with van der Waals surface area (Å²) < 4.78 is 5.47. The lowest BCUT2D eigenvalue weighted by Gasteiger charge is -2.08.